The van der Waals surface area contributed by atoms with Crippen LogP contribution < -0.4 is 5.32 Å². The van der Waals surface area contributed by atoms with E-state index in [-0.39, 0.29) is 0 Å². The molecule has 0 amide bonds. The van der Waals surface area contributed by atoms with Gasteiger partial charge in [0.2, 0.25) is 0 Å². The number of hydrogen-bond acceptors (Lipinski definition) is 1. The average Bonchev–Trinajstić information content (AvgIpc) is 2.50. The molecule has 0 fully saturated rings. The van der Waals surface area contributed by atoms with E-state index in [1.165, 1.54) is 16.8 Å². The molecule has 0 radical (unpaired) electrons. The van der Waals surface area contributed by atoms with Crippen molar-refractivity contribution in [2.24, 2.45) is 0 Å². The largest absolute Gasteiger partial charge is 0.384 e. The molecule has 1 aliphatic rings. The van der Waals surface area contributed by atoms with Gasteiger partial charge in [-0.15, -0.1) is 0 Å². The van der Waals surface area contributed by atoms with Gasteiger partial charge in [-0.2, -0.15) is 0 Å². The molecule has 0 atom stereocenters. The summed E-state index contributed by atoms with van der Waals surface area (Å²) in [6, 6.07) is 6.41. The first-order chi connectivity index (χ1) is 5.40. The molecule has 0 spiro atoms. The van der Waals surface area contributed by atoms with Crippen LogP contribution in [0.3, 0.4) is 0 Å². The average molecular weight is 145 g/mol. The summed E-state index contributed by atoms with van der Waals surface area (Å²) < 4.78 is 0. The number of hydrogen-bond donors (Lipinski definition) is 1. The predicted molar refractivity (Wildman–Crippen MR) is 48.7 cm³/mol. The second-order valence-electron chi connectivity index (χ2n) is 2.80. The number of nitrogens with one attached hydrogen (secondary N) is 1. The Labute approximate surface area is 66.7 Å². The Hall–Kier alpha value is -1.24. The monoisotopic (exact) mass is 145 g/mol. The molecule has 0 aliphatic carbocycles. The van der Waals surface area contributed by atoms with Gasteiger partial charge in [0.25, 0.3) is 0 Å². The summed E-state index contributed by atoms with van der Waals surface area (Å²) in [6.07, 6.45) is 3.04. The van der Waals surface area contributed by atoms with Crippen LogP contribution in [-0.2, 0) is 6.42 Å². The molecule has 0 bridgehead atoms. The Morgan fingerprint density at radius 1 is 1.45 bits per heavy atom. The maximum absolute atomic E-state index is 3.74. The minimum absolute atomic E-state index is 1.08. The van der Waals surface area contributed by atoms with Crippen LogP contribution in [0.15, 0.2) is 24.8 Å². The van der Waals surface area contributed by atoms with Crippen molar-refractivity contribution >= 4 is 11.8 Å². The summed E-state index contributed by atoms with van der Waals surface area (Å²) in [5.41, 5.74) is 3.92. The van der Waals surface area contributed by atoms with E-state index in [4.69, 9.17) is 0 Å². The van der Waals surface area contributed by atoms with E-state index in [0.717, 1.165) is 13.0 Å². The fraction of sp³-hybridized carbons (Fsp3) is 0.200. The molecule has 0 unspecified atom stereocenters. The SMILES string of the molecule is C=Cc1ccc2c(c1)CCN2. The van der Waals surface area contributed by atoms with Gasteiger partial charge in [-0.05, 0) is 29.7 Å². The highest BCUT2D eigenvalue weighted by Crippen LogP contribution is 2.23. The van der Waals surface area contributed by atoms with Crippen molar-refractivity contribution in [3.63, 3.8) is 0 Å². The highest BCUT2D eigenvalue weighted by molar-refractivity contribution is 5.61. The zero-order valence-electron chi connectivity index (χ0n) is 6.43. The summed E-state index contributed by atoms with van der Waals surface area (Å²) in [6.45, 7) is 4.82. The molecule has 1 aromatic rings. The summed E-state index contributed by atoms with van der Waals surface area (Å²) in [5, 5.41) is 3.32. The first-order valence-corrected chi connectivity index (χ1v) is 3.89. The zero-order chi connectivity index (χ0) is 7.68. The normalized spacial score (nSPS) is 13.8. The fourth-order valence-electron chi connectivity index (χ4n) is 1.45. The van der Waals surface area contributed by atoms with Crippen molar-refractivity contribution in [2.75, 3.05) is 11.9 Å². The van der Waals surface area contributed by atoms with Crippen molar-refractivity contribution < 1.29 is 0 Å². The summed E-state index contributed by atoms with van der Waals surface area (Å²) >= 11 is 0. The third-order valence-electron chi connectivity index (χ3n) is 2.07. The molecule has 56 valence electrons. The molecule has 1 nitrogen and oxygen atoms in total. The van der Waals surface area contributed by atoms with Crippen molar-refractivity contribution in [2.45, 2.75) is 6.42 Å². The minimum Gasteiger partial charge on any atom is -0.384 e. The Morgan fingerprint density at radius 2 is 2.36 bits per heavy atom. The standard InChI is InChI=1S/C10H11N/c1-2-8-3-4-10-9(7-8)5-6-11-10/h2-4,7,11H,1,5-6H2. The van der Waals surface area contributed by atoms with Crippen molar-refractivity contribution in [1.29, 1.82) is 0 Å². The molecule has 1 heteroatoms. The Kier molecular flexibility index (Phi) is 1.42. The van der Waals surface area contributed by atoms with Gasteiger partial charge in [0.05, 0.1) is 0 Å². The van der Waals surface area contributed by atoms with Crippen LogP contribution in [0.25, 0.3) is 6.08 Å². The summed E-state index contributed by atoms with van der Waals surface area (Å²) in [5.74, 6) is 0. The van der Waals surface area contributed by atoms with Gasteiger partial charge in [0.1, 0.15) is 0 Å². The second kappa shape index (κ2) is 2.42. The van der Waals surface area contributed by atoms with Crippen LogP contribution in [0.2, 0.25) is 0 Å². The van der Waals surface area contributed by atoms with Gasteiger partial charge in [-0.25, -0.2) is 0 Å². The number of rotatable bonds is 1. The van der Waals surface area contributed by atoms with Crippen LogP contribution in [0.5, 0.6) is 0 Å². The highest BCUT2D eigenvalue weighted by atomic mass is 14.9. The lowest BCUT2D eigenvalue weighted by Crippen LogP contribution is -1.90. The van der Waals surface area contributed by atoms with E-state index >= 15 is 0 Å². The first-order valence-electron chi connectivity index (χ1n) is 3.89. The van der Waals surface area contributed by atoms with Crippen LogP contribution in [0, 0.1) is 0 Å². The van der Waals surface area contributed by atoms with Crippen molar-refractivity contribution in [3.05, 3.63) is 35.9 Å². The van der Waals surface area contributed by atoms with E-state index in [0.29, 0.717) is 0 Å². The lowest BCUT2D eigenvalue weighted by Gasteiger charge is -1.99. The Morgan fingerprint density at radius 3 is 3.18 bits per heavy atom. The van der Waals surface area contributed by atoms with E-state index in [2.05, 4.69) is 30.1 Å². The number of fused-ring (bicyclic) bond motifs is 1. The molecule has 11 heavy (non-hydrogen) atoms. The van der Waals surface area contributed by atoms with Gasteiger partial charge in [0.15, 0.2) is 0 Å². The van der Waals surface area contributed by atoms with Crippen LogP contribution in [-0.4, -0.2) is 6.54 Å². The molecular weight excluding hydrogens is 134 g/mol. The molecule has 1 aromatic carbocycles. The summed E-state index contributed by atoms with van der Waals surface area (Å²) in [4.78, 5) is 0. The Balaban J connectivity index is 2.48. The molecule has 1 heterocycles. The molecule has 2 rings (SSSR count). The molecule has 1 aliphatic heterocycles. The van der Waals surface area contributed by atoms with E-state index < -0.39 is 0 Å². The maximum Gasteiger partial charge on any atom is 0.0373 e. The quantitative estimate of drug-likeness (QED) is 0.639. The van der Waals surface area contributed by atoms with Crippen molar-refractivity contribution in [1.82, 2.24) is 0 Å². The smallest absolute Gasteiger partial charge is 0.0373 e. The first kappa shape index (κ1) is 6.47. The fourth-order valence-corrected chi connectivity index (χ4v) is 1.45. The lowest BCUT2D eigenvalue weighted by molar-refractivity contribution is 1.11. The van der Waals surface area contributed by atoms with E-state index in [1.54, 1.807) is 0 Å². The van der Waals surface area contributed by atoms with Crippen LogP contribution in [0.4, 0.5) is 5.69 Å². The lowest BCUT2D eigenvalue weighted by atomic mass is 10.1. The Bertz CT molecular complexity index is 289. The van der Waals surface area contributed by atoms with Gasteiger partial charge < -0.3 is 5.32 Å². The van der Waals surface area contributed by atoms with E-state index in [1.807, 2.05) is 6.08 Å². The topological polar surface area (TPSA) is 12.0 Å². The molecule has 1 N–H and O–H groups in total. The van der Waals surface area contributed by atoms with Crippen LogP contribution >= 0.6 is 0 Å². The number of anilines is 1. The van der Waals surface area contributed by atoms with Gasteiger partial charge in [-0.3, -0.25) is 0 Å². The zero-order valence-corrected chi connectivity index (χ0v) is 6.43. The second-order valence-corrected chi connectivity index (χ2v) is 2.80. The van der Waals surface area contributed by atoms with Gasteiger partial charge in [0, 0.05) is 12.2 Å². The van der Waals surface area contributed by atoms with Crippen molar-refractivity contribution in [3.8, 4) is 0 Å². The highest BCUT2D eigenvalue weighted by Gasteiger charge is 2.08. The van der Waals surface area contributed by atoms with Gasteiger partial charge >= 0.3 is 0 Å². The predicted octanol–water partition coefficient (Wildman–Crippen LogP) is 2.30. The third kappa shape index (κ3) is 1.03. The molecular formula is C10H11N. The summed E-state index contributed by atoms with van der Waals surface area (Å²) in [7, 11) is 0. The van der Waals surface area contributed by atoms with Crippen LogP contribution in [0.1, 0.15) is 11.1 Å². The van der Waals surface area contributed by atoms with Gasteiger partial charge in [-0.1, -0.05) is 18.7 Å². The molecule has 0 aromatic heterocycles. The third-order valence-corrected chi connectivity index (χ3v) is 2.07. The van der Waals surface area contributed by atoms with E-state index in [9.17, 15) is 0 Å². The molecule has 0 saturated carbocycles. The number of benzene rings is 1. The minimum atomic E-state index is 1.08. The maximum atomic E-state index is 3.74. The molecule has 0 saturated heterocycles.